The summed E-state index contributed by atoms with van der Waals surface area (Å²) >= 11 is 3.48. The molecule has 0 amide bonds. The third-order valence-electron chi connectivity index (χ3n) is 3.04. The van der Waals surface area contributed by atoms with Crippen LogP contribution in [-0.4, -0.2) is 6.04 Å². The Morgan fingerprint density at radius 2 is 2.10 bits per heavy atom. The third kappa shape index (κ3) is 4.12. The largest absolute Gasteiger partial charge is 0.486 e. The van der Waals surface area contributed by atoms with Crippen LogP contribution >= 0.6 is 15.9 Å². The molecule has 2 aromatic rings. The van der Waals surface area contributed by atoms with Gasteiger partial charge >= 0.3 is 0 Å². The van der Waals surface area contributed by atoms with Crippen LogP contribution in [0.15, 0.2) is 39.4 Å². The second-order valence-electron chi connectivity index (χ2n) is 5.10. The molecule has 3 nitrogen and oxygen atoms in total. The predicted octanol–water partition coefficient (Wildman–Crippen LogP) is 4.43. The lowest BCUT2D eigenvalue weighted by Gasteiger charge is -2.10. The second kappa shape index (κ2) is 6.95. The molecule has 0 saturated carbocycles. The Bertz CT molecular complexity index is 563. The van der Waals surface area contributed by atoms with Gasteiger partial charge in [0.05, 0.1) is 6.26 Å². The molecule has 1 N–H and O–H groups in total. The first kappa shape index (κ1) is 15.1. The molecule has 1 aromatic heterocycles. The summed E-state index contributed by atoms with van der Waals surface area (Å²) in [5.74, 6) is 1.73. The lowest BCUT2D eigenvalue weighted by Crippen LogP contribution is -2.22. The maximum absolute atomic E-state index is 5.79. The minimum atomic E-state index is 0.448. The summed E-state index contributed by atoms with van der Waals surface area (Å²) in [7, 11) is 0. The predicted molar refractivity (Wildman–Crippen MR) is 83.9 cm³/mol. The number of benzene rings is 1. The van der Waals surface area contributed by atoms with Crippen molar-refractivity contribution >= 4 is 15.9 Å². The van der Waals surface area contributed by atoms with E-state index in [1.807, 2.05) is 31.2 Å². The van der Waals surface area contributed by atoms with Crippen molar-refractivity contribution in [3.05, 3.63) is 51.9 Å². The second-order valence-corrected chi connectivity index (χ2v) is 5.96. The maximum Gasteiger partial charge on any atom is 0.146 e. The van der Waals surface area contributed by atoms with Crippen LogP contribution < -0.4 is 10.1 Å². The maximum atomic E-state index is 5.79. The van der Waals surface area contributed by atoms with Gasteiger partial charge < -0.3 is 14.5 Å². The molecule has 1 heterocycles. The van der Waals surface area contributed by atoms with Crippen LogP contribution in [0.3, 0.4) is 0 Å². The number of furan rings is 1. The van der Waals surface area contributed by atoms with Crippen LogP contribution in [0.2, 0.25) is 0 Å². The van der Waals surface area contributed by atoms with Gasteiger partial charge in [-0.2, -0.15) is 0 Å². The Morgan fingerprint density at radius 3 is 2.80 bits per heavy atom. The van der Waals surface area contributed by atoms with Gasteiger partial charge in [-0.25, -0.2) is 0 Å². The molecule has 0 fully saturated rings. The summed E-state index contributed by atoms with van der Waals surface area (Å²) in [6, 6.07) is 8.40. The Kier molecular flexibility index (Phi) is 5.26. The summed E-state index contributed by atoms with van der Waals surface area (Å²) in [6.45, 7) is 7.54. The molecule has 4 heteroatoms. The van der Waals surface area contributed by atoms with Gasteiger partial charge in [-0.1, -0.05) is 29.8 Å². The van der Waals surface area contributed by atoms with Crippen molar-refractivity contribution in [1.82, 2.24) is 5.32 Å². The van der Waals surface area contributed by atoms with Gasteiger partial charge in [-0.15, -0.1) is 0 Å². The highest BCUT2D eigenvalue weighted by Gasteiger charge is 2.08. The standard InChI is InChI=1S/C16H20BrNO2/c1-11(2)18-9-13-6-7-19-16(13)10-20-14-4-5-15(17)12(3)8-14/h4-8,11,18H,9-10H2,1-3H3. The highest BCUT2D eigenvalue weighted by atomic mass is 79.9. The van der Waals surface area contributed by atoms with E-state index < -0.39 is 0 Å². The molecular formula is C16H20BrNO2. The van der Waals surface area contributed by atoms with E-state index in [2.05, 4.69) is 35.1 Å². The average Bonchev–Trinajstić information content (AvgIpc) is 2.85. The fourth-order valence-electron chi connectivity index (χ4n) is 1.82. The van der Waals surface area contributed by atoms with E-state index in [4.69, 9.17) is 9.15 Å². The van der Waals surface area contributed by atoms with E-state index in [1.54, 1.807) is 6.26 Å². The molecule has 0 spiro atoms. The number of aryl methyl sites for hydroxylation is 1. The molecule has 0 saturated heterocycles. The van der Waals surface area contributed by atoms with Gasteiger partial charge in [0.25, 0.3) is 0 Å². The first-order chi connectivity index (χ1) is 9.56. The zero-order valence-corrected chi connectivity index (χ0v) is 13.7. The SMILES string of the molecule is Cc1cc(OCc2occc2CNC(C)C)ccc1Br. The molecule has 20 heavy (non-hydrogen) atoms. The summed E-state index contributed by atoms with van der Waals surface area (Å²) in [4.78, 5) is 0. The van der Waals surface area contributed by atoms with E-state index in [1.165, 1.54) is 0 Å². The summed E-state index contributed by atoms with van der Waals surface area (Å²) in [5, 5.41) is 3.38. The van der Waals surface area contributed by atoms with Gasteiger partial charge in [-0.05, 0) is 36.8 Å². The minimum Gasteiger partial charge on any atom is -0.486 e. The molecule has 0 aliphatic carbocycles. The average molecular weight is 338 g/mol. The molecule has 1 aromatic carbocycles. The zero-order chi connectivity index (χ0) is 14.5. The molecule has 2 rings (SSSR count). The third-order valence-corrected chi connectivity index (χ3v) is 3.93. The van der Waals surface area contributed by atoms with Crippen LogP contribution in [-0.2, 0) is 13.2 Å². The molecule has 0 atom stereocenters. The van der Waals surface area contributed by atoms with Gasteiger partial charge in [0.2, 0.25) is 0 Å². The first-order valence-electron chi connectivity index (χ1n) is 6.74. The quantitative estimate of drug-likeness (QED) is 0.846. The first-order valence-corrected chi connectivity index (χ1v) is 7.53. The van der Waals surface area contributed by atoms with E-state index in [-0.39, 0.29) is 0 Å². The highest BCUT2D eigenvalue weighted by Crippen LogP contribution is 2.23. The van der Waals surface area contributed by atoms with Gasteiger partial charge in [0.1, 0.15) is 18.1 Å². The van der Waals surface area contributed by atoms with Crippen LogP contribution in [0.25, 0.3) is 0 Å². The Balaban J connectivity index is 1.96. The number of nitrogens with one attached hydrogen (secondary N) is 1. The van der Waals surface area contributed by atoms with Crippen LogP contribution in [0.1, 0.15) is 30.7 Å². The van der Waals surface area contributed by atoms with Gasteiger partial charge in [0.15, 0.2) is 0 Å². The molecule has 0 radical (unpaired) electrons. The number of rotatable bonds is 6. The van der Waals surface area contributed by atoms with E-state index in [0.29, 0.717) is 12.6 Å². The normalized spacial score (nSPS) is 11.1. The molecule has 0 unspecified atom stereocenters. The smallest absolute Gasteiger partial charge is 0.146 e. The highest BCUT2D eigenvalue weighted by molar-refractivity contribution is 9.10. The summed E-state index contributed by atoms with van der Waals surface area (Å²) < 4.78 is 12.4. The van der Waals surface area contributed by atoms with E-state index in [9.17, 15) is 0 Å². The summed E-state index contributed by atoms with van der Waals surface area (Å²) in [5.41, 5.74) is 2.30. The van der Waals surface area contributed by atoms with Crippen LogP contribution in [0.5, 0.6) is 5.75 Å². The molecule has 0 aliphatic heterocycles. The Labute approximate surface area is 128 Å². The lowest BCUT2D eigenvalue weighted by molar-refractivity contribution is 0.267. The fraction of sp³-hybridized carbons (Fsp3) is 0.375. The number of hydrogen-bond acceptors (Lipinski definition) is 3. The van der Waals surface area contributed by atoms with E-state index in [0.717, 1.165) is 33.7 Å². The van der Waals surface area contributed by atoms with Crippen LogP contribution in [0, 0.1) is 6.92 Å². The molecular weight excluding hydrogens is 318 g/mol. The topological polar surface area (TPSA) is 34.4 Å². The molecule has 0 bridgehead atoms. The monoisotopic (exact) mass is 337 g/mol. The summed E-state index contributed by atoms with van der Waals surface area (Å²) in [6.07, 6.45) is 1.71. The van der Waals surface area contributed by atoms with Crippen molar-refractivity contribution < 1.29 is 9.15 Å². The lowest BCUT2D eigenvalue weighted by atomic mass is 10.2. The van der Waals surface area contributed by atoms with Crippen molar-refractivity contribution in [3.8, 4) is 5.75 Å². The van der Waals surface area contributed by atoms with E-state index >= 15 is 0 Å². The Morgan fingerprint density at radius 1 is 1.30 bits per heavy atom. The van der Waals surface area contributed by atoms with Crippen molar-refractivity contribution in [3.63, 3.8) is 0 Å². The fourth-order valence-corrected chi connectivity index (χ4v) is 2.07. The number of ether oxygens (including phenoxy) is 1. The van der Waals surface area contributed by atoms with Crippen molar-refractivity contribution in [1.29, 1.82) is 0 Å². The van der Waals surface area contributed by atoms with Crippen molar-refractivity contribution in [2.24, 2.45) is 0 Å². The van der Waals surface area contributed by atoms with Gasteiger partial charge in [0, 0.05) is 22.6 Å². The van der Waals surface area contributed by atoms with Crippen molar-refractivity contribution in [2.75, 3.05) is 0 Å². The number of hydrogen-bond donors (Lipinski definition) is 1. The van der Waals surface area contributed by atoms with Crippen molar-refractivity contribution in [2.45, 2.75) is 40.0 Å². The molecule has 108 valence electrons. The Hall–Kier alpha value is -1.26. The van der Waals surface area contributed by atoms with Gasteiger partial charge in [-0.3, -0.25) is 0 Å². The van der Waals surface area contributed by atoms with Crippen LogP contribution in [0.4, 0.5) is 0 Å². The molecule has 0 aliphatic rings. The number of halogens is 1. The zero-order valence-electron chi connectivity index (χ0n) is 12.1. The minimum absolute atomic E-state index is 0.448.